The highest BCUT2D eigenvalue weighted by Gasteiger charge is 2.22. The first-order valence-electron chi connectivity index (χ1n) is 8.02. The van der Waals surface area contributed by atoms with Crippen LogP contribution in [0.25, 0.3) is 33.1 Å². The molecule has 0 atom stereocenters. The van der Waals surface area contributed by atoms with Gasteiger partial charge in [0, 0.05) is 16.6 Å². The monoisotopic (exact) mass is 320 g/mol. The van der Waals surface area contributed by atoms with Crippen LogP contribution >= 0.6 is 0 Å². The predicted octanol–water partition coefficient (Wildman–Crippen LogP) is 4.59. The number of benzene rings is 1. The smallest absolute Gasteiger partial charge is 0.167 e. The molecule has 24 heavy (non-hydrogen) atoms. The molecule has 0 unspecified atom stereocenters. The Kier molecular flexibility index (Phi) is 3.37. The Morgan fingerprint density at radius 3 is 2.71 bits per heavy atom. The van der Waals surface area contributed by atoms with Crippen LogP contribution in [-0.4, -0.2) is 20.3 Å². The summed E-state index contributed by atoms with van der Waals surface area (Å²) in [6.45, 7) is 2.05. The maximum atomic E-state index is 5.35. The number of fused-ring (bicyclic) bond motifs is 5. The summed E-state index contributed by atoms with van der Waals surface area (Å²) in [4.78, 5) is 4.99. The SMILES string of the molecule is C.Cc1[nH]ncc1-c1nc2ccc3oncc3c2c2c1CCCC2. The lowest BCUT2D eigenvalue weighted by Crippen LogP contribution is -2.08. The molecule has 4 aromatic rings. The number of aromatic nitrogens is 4. The summed E-state index contributed by atoms with van der Waals surface area (Å²) < 4.78 is 5.35. The molecule has 1 aliphatic carbocycles. The molecule has 0 fully saturated rings. The third-order valence-electron chi connectivity index (χ3n) is 4.89. The summed E-state index contributed by atoms with van der Waals surface area (Å²) in [6.07, 6.45) is 8.29. The number of pyridine rings is 1. The van der Waals surface area contributed by atoms with E-state index < -0.39 is 0 Å². The zero-order valence-corrected chi connectivity index (χ0v) is 12.9. The lowest BCUT2D eigenvalue weighted by atomic mass is 9.85. The van der Waals surface area contributed by atoms with E-state index in [2.05, 4.69) is 15.4 Å². The van der Waals surface area contributed by atoms with Gasteiger partial charge in [-0.1, -0.05) is 12.6 Å². The van der Waals surface area contributed by atoms with Gasteiger partial charge in [-0.15, -0.1) is 0 Å². The van der Waals surface area contributed by atoms with Crippen LogP contribution in [0.2, 0.25) is 0 Å². The average Bonchev–Trinajstić information content (AvgIpc) is 3.22. The lowest BCUT2D eigenvalue weighted by Gasteiger charge is -2.21. The van der Waals surface area contributed by atoms with Gasteiger partial charge >= 0.3 is 0 Å². The minimum absolute atomic E-state index is 0. The largest absolute Gasteiger partial charge is 0.356 e. The second-order valence-corrected chi connectivity index (χ2v) is 6.23. The molecule has 0 radical (unpaired) electrons. The van der Waals surface area contributed by atoms with Crippen LogP contribution in [-0.2, 0) is 12.8 Å². The number of nitrogens with one attached hydrogen (secondary N) is 1. The Morgan fingerprint density at radius 1 is 1.08 bits per heavy atom. The molecule has 1 N–H and O–H groups in total. The molecule has 5 heteroatoms. The van der Waals surface area contributed by atoms with Crippen molar-refractivity contribution in [1.29, 1.82) is 0 Å². The van der Waals surface area contributed by atoms with Crippen LogP contribution in [0.5, 0.6) is 0 Å². The molecule has 3 heterocycles. The van der Waals surface area contributed by atoms with Crippen molar-refractivity contribution in [2.24, 2.45) is 0 Å². The number of rotatable bonds is 1. The molecule has 0 saturated heterocycles. The molecule has 1 aromatic carbocycles. The molecule has 0 amide bonds. The van der Waals surface area contributed by atoms with E-state index in [1.165, 1.54) is 29.4 Å². The molecule has 0 saturated carbocycles. The van der Waals surface area contributed by atoms with Crippen LogP contribution in [0.1, 0.15) is 37.1 Å². The Bertz CT molecular complexity index is 1040. The summed E-state index contributed by atoms with van der Waals surface area (Å²) >= 11 is 0. The highest BCUT2D eigenvalue weighted by Crippen LogP contribution is 2.38. The summed E-state index contributed by atoms with van der Waals surface area (Å²) in [5.41, 5.74) is 7.87. The van der Waals surface area contributed by atoms with Crippen molar-refractivity contribution in [1.82, 2.24) is 20.3 Å². The van der Waals surface area contributed by atoms with Crippen molar-refractivity contribution in [2.75, 3.05) is 0 Å². The fourth-order valence-corrected chi connectivity index (χ4v) is 3.79. The van der Waals surface area contributed by atoms with Crippen molar-refractivity contribution < 1.29 is 4.52 Å². The van der Waals surface area contributed by atoms with E-state index >= 15 is 0 Å². The van der Waals surface area contributed by atoms with Gasteiger partial charge in [-0.3, -0.25) is 5.10 Å². The van der Waals surface area contributed by atoms with Crippen LogP contribution < -0.4 is 0 Å². The van der Waals surface area contributed by atoms with Gasteiger partial charge in [0.25, 0.3) is 0 Å². The van der Waals surface area contributed by atoms with E-state index in [1.54, 1.807) is 0 Å². The van der Waals surface area contributed by atoms with Crippen molar-refractivity contribution in [3.63, 3.8) is 0 Å². The van der Waals surface area contributed by atoms with Crippen molar-refractivity contribution in [2.45, 2.75) is 40.0 Å². The molecule has 5 rings (SSSR count). The summed E-state index contributed by atoms with van der Waals surface area (Å²) in [6, 6.07) is 4.00. The first-order chi connectivity index (χ1) is 11.3. The van der Waals surface area contributed by atoms with E-state index in [0.717, 1.165) is 46.3 Å². The summed E-state index contributed by atoms with van der Waals surface area (Å²) in [5, 5.41) is 13.5. The Labute approximate surface area is 140 Å². The van der Waals surface area contributed by atoms with Gasteiger partial charge in [-0.2, -0.15) is 5.10 Å². The number of aromatic amines is 1. The van der Waals surface area contributed by atoms with E-state index in [-0.39, 0.29) is 7.43 Å². The maximum absolute atomic E-state index is 5.35. The summed E-state index contributed by atoms with van der Waals surface area (Å²) in [5.74, 6) is 0. The molecule has 5 nitrogen and oxygen atoms in total. The highest BCUT2D eigenvalue weighted by molar-refractivity contribution is 6.07. The van der Waals surface area contributed by atoms with Gasteiger partial charge in [0.1, 0.15) is 0 Å². The normalized spacial score (nSPS) is 13.9. The van der Waals surface area contributed by atoms with E-state index in [4.69, 9.17) is 9.51 Å². The second kappa shape index (κ2) is 5.44. The van der Waals surface area contributed by atoms with E-state index in [9.17, 15) is 0 Å². The number of aryl methyl sites for hydroxylation is 2. The van der Waals surface area contributed by atoms with Crippen molar-refractivity contribution >= 4 is 21.9 Å². The van der Waals surface area contributed by atoms with Crippen LogP contribution in [0, 0.1) is 6.92 Å². The number of hydrogen-bond acceptors (Lipinski definition) is 4. The van der Waals surface area contributed by atoms with Crippen molar-refractivity contribution in [3.05, 3.63) is 41.3 Å². The number of hydrogen-bond donors (Lipinski definition) is 1. The standard InChI is InChI=1S/C18H16N4O.CH4/c1-10-13(8-19-22-10)18-12-5-3-2-4-11(12)17-14-9-20-23-16(14)7-6-15(17)21-18;/h6-9H,2-5H2,1H3,(H,19,22);1H4. The zero-order chi connectivity index (χ0) is 15.4. The van der Waals surface area contributed by atoms with Crippen LogP contribution in [0.4, 0.5) is 0 Å². The molecule has 3 aromatic heterocycles. The fraction of sp³-hybridized carbons (Fsp3) is 0.316. The van der Waals surface area contributed by atoms with Gasteiger partial charge in [0.2, 0.25) is 0 Å². The van der Waals surface area contributed by atoms with Gasteiger partial charge in [0.05, 0.1) is 29.0 Å². The Hall–Kier alpha value is -2.69. The van der Waals surface area contributed by atoms with Crippen LogP contribution in [0.3, 0.4) is 0 Å². The minimum atomic E-state index is 0. The molecule has 0 aliphatic heterocycles. The summed E-state index contributed by atoms with van der Waals surface area (Å²) in [7, 11) is 0. The Morgan fingerprint density at radius 2 is 1.92 bits per heavy atom. The topological polar surface area (TPSA) is 67.6 Å². The molecule has 1 aliphatic rings. The van der Waals surface area contributed by atoms with E-state index in [0.29, 0.717) is 0 Å². The number of H-pyrrole nitrogens is 1. The first-order valence-corrected chi connectivity index (χ1v) is 8.02. The molecular formula is C19H20N4O. The van der Waals surface area contributed by atoms with Gasteiger partial charge in [-0.25, -0.2) is 4.98 Å². The van der Waals surface area contributed by atoms with Gasteiger partial charge in [-0.05, 0) is 55.9 Å². The second-order valence-electron chi connectivity index (χ2n) is 6.23. The third kappa shape index (κ3) is 1.97. The number of nitrogens with zero attached hydrogens (tertiary/aromatic N) is 3. The molecular weight excluding hydrogens is 300 g/mol. The van der Waals surface area contributed by atoms with Crippen LogP contribution in [0.15, 0.2) is 29.0 Å². The molecule has 0 spiro atoms. The first kappa shape index (κ1) is 14.9. The van der Waals surface area contributed by atoms with Gasteiger partial charge < -0.3 is 4.52 Å². The average molecular weight is 320 g/mol. The fourth-order valence-electron chi connectivity index (χ4n) is 3.79. The highest BCUT2D eigenvalue weighted by atomic mass is 16.5. The minimum Gasteiger partial charge on any atom is -0.356 e. The molecule has 122 valence electrons. The third-order valence-corrected chi connectivity index (χ3v) is 4.89. The zero-order valence-electron chi connectivity index (χ0n) is 12.9. The Balaban J connectivity index is 0.00000146. The lowest BCUT2D eigenvalue weighted by molar-refractivity contribution is 0.456. The van der Waals surface area contributed by atoms with Crippen molar-refractivity contribution in [3.8, 4) is 11.3 Å². The maximum Gasteiger partial charge on any atom is 0.167 e. The van der Waals surface area contributed by atoms with E-state index in [1.807, 2.05) is 31.5 Å². The predicted molar refractivity (Wildman–Crippen MR) is 95.0 cm³/mol. The van der Waals surface area contributed by atoms with Gasteiger partial charge in [0.15, 0.2) is 5.58 Å². The quantitative estimate of drug-likeness (QED) is 0.557. The molecule has 0 bridgehead atoms.